The highest BCUT2D eigenvalue weighted by Gasteiger charge is 2.19. The number of rotatable bonds is 6. The summed E-state index contributed by atoms with van der Waals surface area (Å²) in [5.74, 6) is 0.184. The van der Waals surface area contributed by atoms with E-state index in [1.54, 1.807) is 24.3 Å². The Kier molecular flexibility index (Phi) is 5.71. The van der Waals surface area contributed by atoms with E-state index >= 15 is 0 Å². The second-order valence-electron chi connectivity index (χ2n) is 6.08. The molecule has 3 rings (SSSR count). The van der Waals surface area contributed by atoms with Gasteiger partial charge in [-0.3, -0.25) is 0 Å². The van der Waals surface area contributed by atoms with Crippen LogP contribution in [0, 0.1) is 0 Å². The van der Waals surface area contributed by atoms with E-state index in [1.165, 1.54) is 0 Å². The molecular weight excluding hydrogens is 326 g/mol. The molecule has 0 unspecified atom stereocenters. The monoisotopic (exact) mass is 348 g/mol. The molecule has 1 fully saturated rings. The van der Waals surface area contributed by atoms with E-state index in [2.05, 4.69) is 15.0 Å². The van der Waals surface area contributed by atoms with Crippen molar-refractivity contribution in [1.29, 1.82) is 0 Å². The summed E-state index contributed by atoms with van der Waals surface area (Å²) >= 11 is 0. The number of nitrogens with one attached hydrogen (secondary N) is 1. The number of halogens is 2. The fraction of sp³-hybridized carbons (Fsp3) is 0.368. The third-order valence-electron chi connectivity index (χ3n) is 4.37. The first-order valence-electron chi connectivity index (χ1n) is 8.42. The smallest absolute Gasteiger partial charge is 0.387 e. The molecule has 0 radical (unpaired) electrons. The summed E-state index contributed by atoms with van der Waals surface area (Å²) in [5, 5.41) is 13.0. The van der Waals surface area contributed by atoms with Gasteiger partial charge in [0.1, 0.15) is 5.75 Å². The number of piperidine rings is 1. The van der Waals surface area contributed by atoms with E-state index in [9.17, 15) is 13.9 Å². The third-order valence-corrected chi connectivity index (χ3v) is 4.37. The van der Waals surface area contributed by atoms with Crippen molar-refractivity contribution in [1.82, 2.24) is 0 Å². The molecule has 2 aromatic rings. The summed E-state index contributed by atoms with van der Waals surface area (Å²) in [7, 11) is 0. The van der Waals surface area contributed by atoms with Crippen LogP contribution in [-0.2, 0) is 6.54 Å². The number of nitrogens with zero attached hydrogens (tertiary/aromatic N) is 1. The van der Waals surface area contributed by atoms with Crippen molar-refractivity contribution >= 4 is 11.4 Å². The number of ether oxygens (including phenoxy) is 1. The molecule has 0 saturated carbocycles. The van der Waals surface area contributed by atoms with Gasteiger partial charge in [-0.2, -0.15) is 8.78 Å². The van der Waals surface area contributed by atoms with Gasteiger partial charge in [0.25, 0.3) is 0 Å². The van der Waals surface area contributed by atoms with Gasteiger partial charge in [-0.15, -0.1) is 0 Å². The van der Waals surface area contributed by atoms with Gasteiger partial charge in [0.2, 0.25) is 0 Å². The molecule has 134 valence electrons. The van der Waals surface area contributed by atoms with Crippen LogP contribution in [0.25, 0.3) is 0 Å². The van der Waals surface area contributed by atoms with Crippen molar-refractivity contribution in [3.63, 3.8) is 0 Å². The lowest BCUT2D eigenvalue weighted by Crippen LogP contribution is -2.36. The van der Waals surface area contributed by atoms with Crippen molar-refractivity contribution in [3.05, 3.63) is 54.1 Å². The van der Waals surface area contributed by atoms with Gasteiger partial charge in [-0.25, -0.2) is 0 Å². The summed E-state index contributed by atoms with van der Waals surface area (Å²) in [6.07, 6.45) is 1.27. The van der Waals surface area contributed by atoms with E-state index in [1.807, 2.05) is 24.3 Å². The van der Waals surface area contributed by atoms with Gasteiger partial charge >= 0.3 is 6.61 Å². The Bertz CT molecular complexity index is 689. The number of para-hydroxylation sites is 3. The molecule has 1 aliphatic heterocycles. The summed E-state index contributed by atoms with van der Waals surface area (Å²) in [5.41, 5.74) is 2.67. The Labute approximate surface area is 146 Å². The van der Waals surface area contributed by atoms with Gasteiger partial charge in [0.15, 0.2) is 0 Å². The maximum absolute atomic E-state index is 12.5. The van der Waals surface area contributed by atoms with Crippen LogP contribution in [0.5, 0.6) is 5.75 Å². The largest absolute Gasteiger partial charge is 0.434 e. The van der Waals surface area contributed by atoms with Crippen molar-refractivity contribution in [3.8, 4) is 5.75 Å². The fourth-order valence-electron chi connectivity index (χ4n) is 3.06. The van der Waals surface area contributed by atoms with Crippen molar-refractivity contribution in [2.24, 2.45) is 0 Å². The molecule has 0 spiro atoms. The quantitative estimate of drug-likeness (QED) is 0.832. The van der Waals surface area contributed by atoms with Gasteiger partial charge in [-0.1, -0.05) is 30.3 Å². The first kappa shape index (κ1) is 17.5. The number of benzene rings is 2. The fourth-order valence-corrected chi connectivity index (χ4v) is 3.06. The van der Waals surface area contributed by atoms with Crippen LogP contribution in [0.3, 0.4) is 0 Å². The highest BCUT2D eigenvalue weighted by atomic mass is 19.3. The molecule has 1 saturated heterocycles. The SMILES string of the molecule is OC1CCN(c2ccccc2NCc2ccccc2OC(F)F)CC1. The molecule has 4 nitrogen and oxygen atoms in total. The first-order valence-corrected chi connectivity index (χ1v) is 8.42. The number of alkyl halides is 2. The van der Waals surface area contributed by atoms with Crippen LogP contribution in [0.15, 0.2) is 48.5 Å². The molecule has 0 amide bonds. The van der Waals surface area contributed by atoms with Crippen molar-refractivity contribution in [2.45, 2.75) is 32.1 Å². The Hall–Kier alpha value is -2.34. The van der Waals surface area contributed by atoms with Gasteiger partial charge < -0.3 is 20.1 Å². The zero-order chi connectivity index (χ0) is 17.6. The van der Waals surface area contributed by atoms with Crippen molar-refractivity contribution < 1.29 is 18.6 Å². The Balaban J connectivity index is 1.72. The minimum atomic E-state index is -2.84. The Morgan fingerprint density at radius 2 is 1.76 bits per heavy atom. The number of aliphatic hydroxyl groups excluding tert-OH is 1. The number of hydrogen-bond acceptors (Lipinski definition) is 4. The second-order valence-corrected chi connectivity index (χ2v) is 6.08. The summed E-state index contributed by atoms with van der Waals surface area (Å²) < 4.78 is 29.6. The highest BCUT2D eigenvalue weighted by Crippen LogP contribution is 2.29. The molecule has 0 aromatic heterocycles. The lowest BCUT2D eigenvalue weighted by molar-refractivity contribution is -0.0504. The van der Waals surface area contributed by atoms with Crippen LogP contribution in [0.2, 0.25) is 0 Å². The summed E-state index contributed by atoms with van der Waals surface area (Å²) in [6.45, 7) is -0.861. The van der Waals surface area contributed by atoms with Crippen LogP contribution < -0.4 is 15.0 Å². The zero-order valence-corrected chi connectivity index (χ0v) is 13.9. The predicted molar refractivity (Wildman–Crippen MR) is 94.3 cm³/mol. The average Bonchev–Trinajstić information content (AvgIpc) is 2.61. The third kappa shape index (κ3) is 4.60. The lowest BCUT2D eigenvalue weighted by atomic mass is 10.1. The molecule has 0 bridgehead atoms. The zero-order valence-electron chi connectivity index (χ0n) is 13.9. The van der Waals surface area contributed by atoms with E-state index in [0.717, 1.165) is 37.3 Å². The molecule has 2 N–H and O–H groups in total. The summed E-state index contributed by atoms with van der Waals surface area (Å²) in [4.78, 5) is 2.23. The highest BCUT2D eigenvalue weighted by molar-refractivity contribution is 5.70. The normalized spacial score (nSPS) is 15.4. The molecule has 1 heterocycles. The molecular formula is C19H22F2N2O2. The Morgan fingerprint density at radius 3 is 2.52 bits per heavy atom. The maximum atomic E-state index is 12.5. The van der Waals surface area contributed by atoms with Gasteiger partial charge in [-0.05, 0) is 31.0 Å². The minimum Gasteiger partial charge on any atom is -0.434 e. The standard InChI is InChI=1S/C19H22F2N2O2/c20-19(21)25-18-8-4-1-5-14(18)13-22-16-6-2-3-7-17(16)23-11-9-15(24)10-12-23/h1-8,15,19,22,24H,9-13H2. The molecule has 6 heteroatoms. The van der Waals surface area contributed by atoms with E-state index in [4.69, 9.17) is 0 Å². The number of anilines is 2. The lowest BCUT2D eigenvalue weighted by Gasteiger charge is -2.33. The van der Waals surface area contributed by atoms with Crippen LogP contribution >= 0.6 is 0 Å². The van der Waals surface area contributed by atoms with E-state index in [0.29, 0.717) is 12.1 Å². The van der Waals surface area contributed by atoms with Crippen LogP contribution in [0.4, 0.5) is 20.2 Å². The average molecular weight is 348 g/mol. The molecule has 0 aliphatic carbocycles. The van der Waals surface area contributed by atoms with Gasteiger partial charge in [0.05, 0.1) is 17.5 Å². The van der Waals surface area contributed by atoms with Gasteiger partial charge in [0, 0.05) is 25.2 Å². The second kappa shape index (κ2) is 8.16. The van der Waals surface area contributed by atoms with E-state index < -0.39 is 6.61 Å². The minimum absolute atomic E-state index is 0.184. The molecule has 2 aromatic carbocycles. The maximum Gasteiger partial charge on any atom is 0.387 e. The van der Waals surface area contributed by atoms with E-state index in [-0.39, 0.29) is 11.9 Å². The Morgan fingerprint density at radius 1 is 1.08 bits per heavy atom. The number of aliphatic hydroxyl groups is 1. The van der Waals surface area contributed by atoms with Crippen LogP contribution in [-0.4, -0.2) is 30.9 Å². The molecule has 25 heavy (non-hydrogen) atoms. The summed E-state index contributed by atoms with van der Waals surface area (Å²) in [6, 6.07) is 14.7. The van der Waals surface area contributed by atoms with Crippen LogP contribution in [0.1, 0.15) is 18.4 Å². The molecule has 1 aliphatic rings. The topological polar surface area (TPSA) is 44.7 Å². The van der Waals surface area contributed by atoms with Crippen molar-refractivity contribution in [2.75, 3.05) is 23.3 Å². The molecule has 0 atom stereocenters. The first-order chi connectivity index (χ1) is 12.1. The predicted octanol–water partition coefficient (Wildman–Crippen LogP) is 3.86. The number of hydrogen-bond donors (Lipinski definition) is 2.